The van der Waals surface area contributed by atoms with E-state index in [0.29, 0.717) is 25.9 Å². The minimum absolute atomic E-state index is 0.0494. The average molecular weight is 970 g/mol. The molecule has 1 aliphatic heterocycles. The summed E-state index contributed by atoms with van der Waals surface area (Å²) in [6.07, 6.45) is 52.7. The molecule has 0 aromatic rings. The van der Waals surface area contributed by atoms with Crippen molar-refractivity contribution in [3.05, 3.63) is 85.1 Å². The standard InChI is InChI=1S/C58H99NO10/c1-3-5-7-9-11-13-14-15-19-23-26-30-34-38-42-46-54(63)67-47-43-39-35-31-27-24-21-18-16-17-20-22-25-29-33-37-41-45-53(62)59-50(51(61)44-40-36-32-28-12-10-8-6-4-2)49-68-58-57(66)56(65)55(64)52(48-60)69-58/h4,6,11-13,15-16,18-19,24,27-28,40,44,50-52,55-58,60-61,64-66H,3,5,7-10,14,17,20-23,25-26,29-39,41-43,45-49H2,1-2H3,(H,59,62)/b6-4+,13-11-,18-16-,19-15-,27-24-,28-12+,44-40+. The van der Waals surface area contributed by atoms with Crippen molar-refractivity contribution in [1.29, 1.82) is 0 Å². The van der Waals surface area contributed by atoms with E-state index in [4.69, 9.17) is 14.2 Å². The Labute approximate surface area is 419 Å². The van der Waals surface area contributed by atoms with Crippen molar-refractivity contribution in [2.75, 3.05) is 19.8 Å². The number of nitrogens with one attached hydrogen (secondary N) is 1. The van der Waals surface area contributed by atoms with E-state index in [-0.39, 0.29) is 18.5 Å². The molecule has 1 fully saturated rings. The van der Waals surface area contributed by atoms with Gasteiger partial charge in [0.05, 0.1) is 32.0 Å². The van der Waals surface area contributed by atoms with Crippen molar-refractivity contribution in [3.63, 3.8) is 0 Å². The summed E-state index contributed by atoms with van der Waals surface area (Å²) < 4.78 is 16.6. The summed E-state index contributed by atoms with van der Waals surface area (Å²) in [4.78, 5) is 25.0. The van der Waals surface area contributed by atoms with Crippen molar-refractivity contribution >= 4 is 11.9 Å². The number of unbranched alkanes of at least 4 members (excludes halogenated alkanes) is 20. The molecule has 11 nitrogen and oxygen atoms in total. The minimum atomic E-state index is -1.59. The van der Waals surface area contributed by atoms with Gasteiger partial charge in [-0.05, 0) is 122 Å². The van der Waals surface area contributed by atoms with E-state index in [2.05, 4.69) is 79.1 Å². The maximum atomic E-state index is 13.0. The Hall–Kier alpha value is -3.16. The summed E-state index contributed by atoms with van der Waals surface area (Å²) in [6.45, 7) is 3.97. The van der Waals surface area contributed by atoms with Gasteiger partial charge in [-0.1, -0.05) is 156 Å². The van der Waals surface area contributed by atoms with Crippen molar-refractivity contribution in [1.82, 2.24) is 5.32 Å². The topological polar surface area (TPSA) is 175 Å². The summed E-state index contributed by atoms with van der Waals surface area (Å²) in [6, 6.07) is -0.848. The third kappa shape index (κ3) is 37.3. The van der Waals surface area contributed by atoms with Crippen LogP contribution in [0.15, 0.2) is 85.1 Å². The normalized spacial score (nSPS) is 20.0. The van der Waals surface area contributed by atoms with Crippen molar-refractivity contribution < 1.29 is 49.3 Å². The summed E-state index contributed by atoms with van der Waals surface area (Å²) in [5.74, 6) is -0.268. The number of allylic oxidation sites excluding steroid dienone is 13. The van der Waals surface area contributed by atoms with E-state index < -0.39 is 49.5 Å². The van der Waals surface area contributed by atoms with Gasteiger partial charge in [0.25, 0.3) is 0 Å². The molecular weight excluding hydrogens is 871 g/mol. The molecular formula is C58H99NO10. The summed E-state index contributed by atoms with van der Waals surface area (Å²) in [7, 11) is 0. The predicted molar refractivity (Wildman–Crippen MR) is 282 cm³/mol. The fraction of sp³-hybridized carbons (Fsp3) is 0.724. The van der Waals surface area contributed by atoms with Crippen LogP contribution in [0.1, 0.15) is 206 Å². The van der Waals surface area contributed by atoms with E-state index >= 15 is 0 Å². The lowest BCUT2D eigenvalue weighted by Gasteiger charge is -2.40. The first-order chi connectivity index (χ1) is 33.7. The maximum absolute atomic E-state index is 13.0. The lowest BCUT2D eigenvalue weighted by molar-refractivity contribution is -0.302. The van der Waals surface area contributed by atoms with Crippen LogP contribution in [0.4, 0.5) is 0 Å². The van der Waals surface area contributed by atoms with Gasteiger partial charge in [-0.3, -0.25) is 9.59 Å². The molecule has 7 unspecified atom stereocenters. The number of carbonyl (C=O) groups excluding carboxylic acids is 2. The number of rotatable bonds is 45. The molecule has 0 radical (unpaired) electrons. The van der Waals surface area contributed by atoms with Gasteiger partial charge in [-0.2, -0.15) is 0 Å². The molecule has 396 valence electrons. The average Bonchev–Trinajstić information content (AvgIpc) is 3.34. The Morgan fingerprint density at radius 1 is 0.565 bits per heavy atom. The van der Waals surface area contributed by atoms with E-state index in [9.17, 15) is 35.1 Å². The molecule has 0 aromatic heterocycles. The first-order valence-electron chi connectivity index (χ1n) is 27.3. The molecule has 0 saturated carbocycles. The molecule has 1 aliphatic rings. The number of hydrogen-bond donors (Lipinski definition) is 6. The molecule has 6 N–H and O–H groups in total. The number of hydrogen-bond acceptors (Lipinski definition) is 10. The number of aliphatic hydroxyl groups excluding tert-OH is 5. The summed E-state index contributed by atoms with van der Waals surface area (Å²) in [5.41, 5.74) is 0. The van der Waals surface area contributed by atoms with Crippen LogP contribution in [0.3, 0.4) is 0 Å². The molecule has 0 spiro atoms. The van der Waals surface area contributed by atoms with Gasteiger partial charge in [0.2, 0.25) is 5.91 Å². The van der Waals surface area contributed by atoms with E-state index in [0.717, 1.165) is 116 Å². The van der Waals surface area contributed by atoms with Crippen LogP contribution in [-0.4, -0.2) is 100 Å². The third-order valence-corrected chi connectivity index (χ3v) is 12.3. The van der Waals surface area contributed by atoms with Crippen molar-refractivity contribution in [2.45, 2.75) is 249 Å². The first-order valence-corrected chi connectivity index (χ1v) is 27.3. The number of aliphatic hydroxyl groups is 5. The Kier molecular flexibility index (Phi) is 43.7. The molecule has 7 atom stereocenters. The highest BCUT2D eigenvalue weighted by atomic mass is 16.7. The molecule has 0 bridgehead atoms. The highest BCUT2D eigenvalue weighted by Gasteiger charge is 2.44. The van der Waals surface area contributed by atoms with Crippen LogP contribution in [-0.2, 0) is 23.8 Å². The second-order valence-corrected chi connectivity index (χ2v) is 18.6. The predicted octanol–water partition coefficient (Wildman–Crippen LogP) is 11.8. The molecule has 11 heteroatoms. The van der Waals surface area contributed by atoms with Gasteiger partial charge in [-0.15, -0.1) is 0 Å². The molecule has 1 rings (SSSR count). The Bertz CT molecular complexity index is 1420. The summed E-state index contributed by atoms with van der Waals surface area (Å²) >= 11 is 0. The van der Waals surface area contributed by atoms with Crippen molar-refractivity contribution in [3.8, 4) is 0 Å². The van der Waals surface area contributed by atoms with Gasteiger partial charge in [-0.25, -0.2) is 0 Å². The fourth-order valence-electron chi connectivity index (χ4n) is 7.88. The van der Waals surface area contributed by atoms with E-state index in [1.807, 2.05) is 19.1 Å². The van der Waals surface area contributed by atoms with Gasteiger partial charge in [0, 0.05) is 12.8 Å². The lowest BCUT2D eigenvalue weighted by atomic mass is 9.99. The largest absolute Gasteiger partial charge is 0.466 e. The van der Waals surface area contributed by atoms with Crippen LogP contribution in [0.2, 0.25) is 0 Å². The minimum Gasteiger partial charge on any atom is -0.466 e. The number of esters is 1. The smallest absolute Gasteiger partial charge is 0.305 e. The monoisotopic (exact) mass is 970 g/mol. The Balaban J connectivity index is 2.11. The zero-order valence-electron chi connectivity index (χ0n) is 43.2. The van der Waals surface area contributed by atoms with E-state index in [1.165, 1.54) is 57.8 Å². The van der Waals surface area contributed by atoms with Crippen LogP contribution in [0, 0.1) is 0 Å². The van der Waals surface area contributed by atoms with Gasteiger partial charge in [0.15, 0.2) is 6.29 Å². The molecule has 0 aliphatic carbocycles. The lowest BCUT2D eigenvalue weighted by Crippen LogP contribution is -2.60. The zero-order chi connectivity index (χ0) is 50.3. The highest BCUT2D eigenvalue weighted by molar-refractivity contribution is 5.76. The SMILES string of the molecule is C/C=C/CC/C=C/CC/C=C/C(O)C(COC1OC(CO)C(O)C(O)C1O)NC(=O)CCCCCCCCC/C=C\C/C=C\CCCCCOC(=O)CCCCCCC/C=C\C/C=C\CCCCC. The van der Waals surface area contributed by atoms with Crippen molar-refractivity contribution in [2.24, 2.45) is 0 Å². The van der Waals surface area contributed by atoms with Gasteiger partial charge in [0.1, 0.15) is 24.4 Å². The second-order valence-electron chi connectivity index (χ2n) is 18.6. The molecule has 0 aromatic carbocycles. The van der Waals surface area contributed by atoms with Crippen LogP contribution in [0.5, 0.6) is 0 Å². The Morgan fingerprint density at radius 2 is 1.04 bits per heavy atom. The number of ether oxygens (including phenoxy) is 3. The van der Waals surface area contributed by atoms with E-state index in [1.54, 1.807) is 6.08 Å². The van der Waals surface area contributed by atoms with Crippen LogP contribution < -0.4 is 5.32 Å². The molecule has 69 heavy (non-hydrogen) atoms. The quantitative estimate of drug-likeness (QED) is 0.0196. The second kappa shape index (κ2) is 47.2. The highest BCUT2D eigenvalue weighted by Crippen LogP contribution is 2.22. The first kappa shape index (κ1) is 63.9. The van der Waals surface area contributed by atoms with Gasteiger partial charge < -0.3 is 45.1 Å². The third-order valence-electron chi connectivity index (χ3n) is 12.3. The van der Waals surface area contributed by atoms with Crippen LogP contribution in [0.25, 0.3) is 0 Å². The fourth-order valence-corrected chi connectivity index (χ4v) is 7.88. The summed E-state index contributed by atoms with van der Waals surface area (Å²) in [5, 5.41) is 54.0. The number of carbonyl (C=O) groups is 2. The van der Waals surface area contributed by atoms with Gasteiger partial charge >= 0.3 is 5.97 Å². The number of amides is 1. The molecule has 1 heterocycles. The zero-order valence-corrected chi connectivity index (χ0v) is 43.2. The molecule has 1 saturated heterocycles. The maximum Gasteiger partial charge on any atom is 0.305 e. The van der Waals surface area contributed by atoms with Crippen LogP contribution >= 0.6 is 0 Å². The Morgan fingerprint density at radius 3 is 1.59 bits per heavy atom. The molecule has 1 amide bonds.